The van der Waals surface area contributed by atoms with E-state index in [0.717, 1.165) is 32.0 Å². The quantitative estimate of drug-likeness (QED) is 0.284. The van der Waals surface area contributed by atoms with E-state index in [1.807, 2.05) is 0 Å². The normalized spacial score (nSPS) is 11.0. The summed E-state index contributed by atoms with van der Waals surface area (Å²) in [6, 6.07) is 0. The van der Waals surface area contributed by atoms with Gasteiger partial charge in [0.15, 0.2) is 6.29 Å². The van der Waals surface area contributed by atoms with Crippen LogP contribution < -0.4 is 0 Å². The third kappa shape index (κ3) is 11.8. The van der Waals surface area contributed by atoms with Crippen molar-refractivity contribution in [3.05, 3.63) is 0 Å². The summed E-state index contributed by atoms with van der Waals surface area (Å²) >= 11 is 0. The number of hydrogen-bond donors (Lipinski definition) is 0. The van der Waals surface area contributed by atoms with Gasteiger partial charge >= 0.3 is 0 Å². The molecular formula is C13H26O4. The van der Waals surface area contributed by atoms with Crippen molar-refractivity contribution in [1.29, 1.82) is 0 Å². The van der Waals surface area contributed by atoms with Crippen molar-refractivity contribution in [2.75, 3.05) is 26.4 Å². The number of hydrogen-bond acceptors (Lipinski definition) is 4. The van der Waals surface area contributed by atoms with Gasteiger partial charge in [-0.25, -0.2) is 0 Å². The van der Waals surface area contributed by atoms with Gasteiger partial charge in [-0.05, 0) is 12.8 Å². The van der Waals surface area contributed by atoms with Crippen LogP contribution in [0.4, 0.5) is 0 Å². The molecule has 0 atom stereocenters. The van der Waals surface area contributed by atoms with Crippen molar-refractivity contribution in [1.82, 2.24) is 0 Å². The first-order chi connectivity index (χ1) is 8.35. The van der Waals surface area contributed by atoms with Crippen LogP contribution in [0.5, 0.6) is 0 Å². The van der Waals surface area contributed by atoms with Crippen LogP contribution in [0, 0.1) is 0 Å². The van der Waals surface area contributed by atoms with E-state index >= 15 is 0 Å². The Morgan fingerprint density at radius 1 is 1.00 bits per heavy atom. The van der Waals surface area contributed by atoms with Gasteiger partial charge in [0.25, 0.3) is 0 Å². The van der Waals surface area contributed by atoms with E-state index in [4.69, 9.17) is 14.2 Å². The maximum atomic E-state index is 10.1. The van der Waals surface area contributed by atoms with E-state index in [1.165, 1.54) is 0 Å². The maximum absolute atomic E-state index is 10.1. The molecule has 0 saturated heterocycles. The number of carbonyl (C=O) groups is 1. The van der Waals surface area contributed by atoms with E-state index in [1.54, 1.807) is 0 Å². The first-order valence-corrected chi connectivity index (χ1v) is 6.59. The van der Waals surface area contributed by atoms with E-state index in [9.17, 15) is 4.79 Å². The Morgan fingerprint density at radius 3 is 2.06 bits per heavy atom. The van der Waals surface area contributed by atoms with E-state index in [2.05, 4.69) is 13.8 Å². The van der Waals surface area contributed by atoms with Crippen LogP contribution in [0.25, 0.3) is 0 Å². The Hall–Kier alpha value is -0.450. The molecular weight excluding hydrogens is 220 g/mol. The molecule has 4 nitrogen and oxygen atoms in total. The molecule has 0 aromatic heterocycles. The Labute approximate surface area is 105 Å². The second-order valence-electron chi connectivity index (χ2n) is 3.91. The highest BCUT2D eigenvalue weighted by atomic mass is 16.7. The largest absolute Gasteiger partial charge is 0.376 e. The molecule has 17 heavy (non-hydrogen) atoms. The lowest BCUT2D eigenvalue weighted by molar-refractivity contribution is -0.173. The smallest absolute Gasteiger partial charge is 0.180 e. The van der Waals surface area contributed by atoms with Crippen molar-refractivity contribution in [3.63, 3.8) is 0 Å². The Kier molecular flexibility index (Phi) is 13.3. The Morgan fingerprint density at radius 2 is 1.59 bits per heavy atom. The zero-order valence-electron chi connectivity index (χ0n) is 11.2. The molecule has 0 amide bonds. The van der Waals surface area contributed by atoms with Gasteiger partial charge in [0.2, 0.25) is 0 Å². The minimum absolute atomic E-state index is 0.292. The van der Waals surface area contributed by atoms with Gasteiger partial charge in [0.05, 0.1) is 13.2 Å². The molecule has 0 unspecified atom stereocenters. The third-order valence-electron chi connectivity index (χ3n) is 2.24. The predicted molar refractivity (Wildman–Crippen MR) is 67.0 cm³/mol. The molecule has 0 N–H and O–H groups in total. The summed E-state index contributed by atoms with van der Waals surface area (Å²) in [4.78, 5) is 10.1. The predicted octanol–water partition coefficient (Wildman–Crippen LogP) is 2.55. The number of carbonyl (C=O) groups excluding carboxylic acids is 1. The average molecular weight is 246 g/mol. The lowest BCUT2D eigenvalue weighted by Crippen LogP contribution is -2.25. The van der Waals surface area contributed by atoms with Crippen molar-refractivity contribution in [2.24, 2.45) is 0 Å². The number of aldehydes is 1. The third-order valence-corrected chi connectivity index (χ3v) is 2.24. The zero-order chi connectivity index (χ0) is 12.8. The minimum atomic E-state index is -0.292. The fraction of sp³-hybridized carbons (Fsp3) is 0.923. The number of ether oxygens (including phenoxy) is 3. The number of rotatable bonds is 13. The second-order valence-corrected chi connectivity index (χ2v) is 3.91. The summed E-state index contributed by atoms with van der Waals surface area (Å²) in [5, 5.41) is 0. The highest BCUT2D eigenvalue weighted by Gasteiger charge is 2.09. The fourth-order valence-electron chi connectivity index (χ4n) is 1.17. The molecule has 102 valence electrons. The molecule has 0 aliphatic carbocycles. The van der Waals surface area contributed by atoms with Gasteiger partial charge in [-0.1, -0.05) is 26.7 Å². The van der Waals surface area contributed by atoms with Gasteiger partial charge in [0, 0.05) is 19.6 Å². The summed E-state index contributed by atoms with van der Waals surface area (Å²) in [6.45, 7) is 6.48. The zero-order valence-corrected chi connectivity index (χ0v) is 11.2. The summed E-state index contributed by atoms with van der Waals surface area (Å²) in [5.41, 5.74) is 0. The monoisotopic (exact) mass is 246 g/mol. The first kappa shape index (κ1) is 16.6. The molecule has 0 aromatic rings. The molecule has 0 heterocycles. The lowest BCUT2D eigenvalue weighted by Gasteiger charge is -2.18. The van der Waals surface area contributed by atoms with Crippen LogP contribution in [0.15, 0.2) is 0 Å². The first-order valence-electron chi connectivity index (χ1n) is 6.59. The van der Waals surface area contributed by atoms with E-state index in [-0.39, 0.29) is 6.29 Å². The standard InChI is InChI=1S/C13H26O4/c1-3-5-10-16-13(17-11-6-4-2)12-15-9-7-8-14/h8,13H,3-7,9-12H2,1-2H3. The van der Waals surface area contributed by atoms with Crippen LogP contribution in [-0.2, 0) is 19.0 Å². The average Bonchev–Trinajstić information content (AvgIpc) is 2.34. The molecule has 0 radical (unpaired) electrons. The topological polar surface area (TPSA) is 44.8 Å². The maximum Gasteiger partial charge on any atom is 0.180 e. The summed E-state index contributed by atoms with van der Waals surface area (Å²) in [5.74, 6) is 0. The SMILES string of the molecule is CCCCOC(COCCC=O)OCCCC. The lowest BCUT2D eigenvalue weighted by atomic mass is 10.3. The molecule has 0 rings (SSSR count). The Balaban J connectivity index is 3.63. The van der Waals surface area contributed by atoms with Crippen LogP contribution in [0.1, 0.15) is 46.0 Å². The summed E-state index contributed by atoms with van der Waals surface area (Å²) in [7, 11) is 0. The highest BCUT2D eigenvalue weighted by molar-refractivity contribution is 5.49. The van der Waals surface area contributed by atoms with Gasteiger partial charge in [-0.2, -0.15) is 0 Å². The molecule has 0 saturated carbocycles. The summed E-state index contributed by atoms with van der Waals surface area (Å²) < 4.78 is 16.5. The molecule has 0 aromatic carbocycles. The molecule has 0 bridgehead atoms. The summed E-state index contributed by atoms with van der Waals surface area (Å²) in [6.07, 6.45) is 5.26. The van der Waals surface area contributed by atoms with Crippen LogP contribution >= 0.6 is 0 Å². The molecule has 4 heteroatoms. The fourth-order valence-corrected chi connectivity index (χ4v) is 1.17. The van der Waals surface area contributed by atoms with E-state index in [0.29, 0.717) is 32.8 Å². The highest BCUT2D eigenvalue weighted by Crippen LogP contribution is 2.01. The molecule has 0 aliphatic rings. The second kappa shape index (κ2) is 13.6. The van der Waals surface area contributed by atoms with Gasteiger partial charge < -0.3 is 19.0 Å². The van der Waals surface area contributed by atoms with Crippen molar-refractivity contribution in [3.8, 4) is 0 Å². The van der Waals surface area contributed by atoms with Crippen molar-refractivity contribution < 1.29 is 19.0 Å². The molecule has 0 spiro atoms. The van der Waals surface area contributed by atoms with Gasteiger partial charge in [0.1, 0.15) is 6.29 Å². The van der Waals surface area contributed by atoms with Crippen LogP contribution in [-0.4, -0.2) is 39.0 Å². The van der Waals surface area contributed by atoms with Crippen LogP contribution in [0.2, 0.25) is 0 Å². The van der Waals surface area contributed by atoms with Gasteiger partial charge in [-0.15, -0.1) is 0 Å². The minimum Gasteiger partial charge on any atom is -0.376 e. The molecule has 0 aliphatic heterocycles. The van der Waals surface area contributed by atoms with Crippen molar-refractivity contribution in [2.45, 2.75) is 52.2 Å². The Bertz CT molecular complexity index is 151. The number of unbranched alkanes of at least 4 members (excludes halogenated alkanes) is 2. The van der Waals surface area contributed by atoms with Gasteiger partial charge in [-0.3, -0.25) is 0 Å². The molecule has 0 fully saturated rings. The van der Waals surface area contributed by atoms with Crippen LogP contribution in [0.3, 0.4) is 0 Å². The van der Waals surface area contributed by atoms with E-state index < -0.39 is 0 Å². The van der Waals surface area contributed by atoms with Crippen molar-refractivity contribution >= 4 is 6.29 Å².